The molecular weight excluding hydrogens is 238 g/mol. The standard InChI is InChI=1S/C11H13N3O4/c1-4-5-18-11(17)14-10-12-6(2)8(9(15)16)7(3)13-10/h4H,1,5H2,2-3H3,(H,15,16)(H,12,13,14,17). The van der Waals surface area contributed by atoms with Crippen LogP contribution >= 0.6 is 0 Å². The molecule has 96 valence electrons. The van der Waals surface area contributed by atoms with E-state index in [0.29, 0.717) is 0 Å². The second-order valence-electron chi connectivity index (χ2n) is 3.41. The van der Waals surface area contributed by atoms with Gasteiger partial charge in [-0.15, -0.1) is 0 Å². The number of rotatable bonds is 4. The average molecular weight is 251 g/mol. The van der Waals surface area contributed by atoms with Crippen LogP contribution in [0.25, 0.3) is 0 Å². The van der Waals surface area contributed by atoms with Gasteiger partial charge in [-0.25, -0.2) is 19.6 Å². The minimum absolute atomic E-state index is 0.00376. The van der Waals surface area contributed by atoms with E-state index in [9.17, 15) is 9.59 Å². The Labute approximate surface area is 104 Å². The van der Waals surface area contributed by atoms with Gasteiger partial charge < -0.3 is 9.84 Å². The highest BCUT2D eigenvalue weighted by atomic mass is 16.5. The number of nitrogens with zero attached hydrogens (tertiary/aromatic N) is 2. The quantitative estimate of drug-likeness (QED) is 0.787. The number of aromatic carboxylic acids is 1. The predicted octanol–water partition coefficient (Wildman–Crippen LogP) is 1.53. The fraction of sp³-hybridized carbons (Fsp3) is 0.273. The van der Waals surface area contributed by atoms with Crippen molar-refractivity contribution in [1.82, 2.24) is 9.97 Å². The molecule has 18 heavy (non-hydrogen) atoms. The number of carboxylic acids is 1. The molecule has 0 unspecified atom stereocenters. The van der Waals surface area contributed by atoms with Gasteiger partial charge in [0.05, 0.1) is 11.4 Å². The van der Waals surface area contributed by atoms with Crippen molar-refractivity contribution in [2.24, 2.45) is 0 Å². The number of carboxylic acid groups (broad SMARTS) is 1. The summed E-state index contributed by atoms with van der Waals surface area (Å²) < 4.78 is 4.69. The van der Waals surface area contributed by atoms with Crippen LogP contribution in [0.15, 0.2) is 12.7 Å². The van der Waals surface area contributed by atoms with Gasteiger partial charge in [-0.3, -0.25) is 5.32 Å². The molecule has 7 nitrogen and oxygen atoms in total. The normalized spacial score (nSPS) is 9.67. The van der Waals surface area contributed by atoms with Gasteiger partial charge in [-0.05, 0) is 13.8 Å². The van der Waals surface area contributed by atoms with E-state index in [0.717, 1.165) is 0 Å². The van der Waals surface area contributed by atoms with Crippen molar-refractivity contribution in [2.75, 3.05) is 11.9 Å². The van der Waals surface area contributed by atoms with Crippen molar-refractivity contribution in [2.45, 2.75) is 13.8 Å². The molecule has 0 bridgehead atoms. The molecule has 1 aromatic heterocycles. The molecule has 0 aliphatic carbocycles. The van der Waals surface area contributed by atoms with Crippen molar-refractivity contribution in [3.8, 4) is 0 Å². The Morgan fingerprint density at radius 3 is 2.39 bits per heavy atom. The lowest BCUT2D eigenvalue weighted by atomic mass is 10.2. The summed E-state index contributed by atoms with van der Waals surface area (Å²) in [5.74, 6) is -1.10. The Morgan fingerprint density at radius 2 is 1.94 bits per heavy atom. The Balaban J connectivity index is 2.90. The SMILES string of the molecule is C=CCOC(=O)Nc1nc(C)c(C(=O)O)c(C)n1. The van der Waals surface area contributed by atoms with Gasteiger partial charge in [-0.2, -0.15) is 0 Å². The van der Waals surface area contributed by atoms with Crippen LogP contribution in [0.3, 0.4) is 0 Å². The van der Waals surface area contributed by atoms with Crippen molar-refractivity contribution in [3.05, 3.63) is 29.6 Å². The van der Waals surface area contributed by atoms with E-state index in [4.69, 9.17) is 5.11 Å². The summed E-state index contributed by atoms with van der Waals surface area (Å²) in [6.45, 7) is 6.52. The first-order chi connectivity index (χ1) is 8.45. The van der Waals surface area contributed by atoms with E-state index < -0.39 is 12.1 Å². The van der Waals surface area contributed by atoms with E-state index >= 15 is 0 Å². The molecule has 0 aromatic carbocycles. The molecule has 1 amide bonds. The highest BCUT2D eigenvalue weighted by Crippen LogP contribution is 2.12. The van der Waals surface area contributed by atoms with E-state index in [-0.39, 0.29) is 29.5 Å². The molecule has 1 rings (SSSR count). The van der Waals surface area contributed by atoms with Crippen LogP contribution in [0.5, 0.6) is 0 Å². The molecule has 1 heterocycles. The molecule has 2 N–H and O–H groups in total. The van der Waals surface area contributed by atoms with Crippen LogP contribution in [0.1, 0.15) is 21.7 Å². The first-order valence-electron chi connectivity index (χ1n) is 5.09. The zero-order chi connectivity index (χ0) is 13.7. The zero-order valence-corrected chi connectivity index (χ0v) is 10.1. The zero-order valence-electron chi connectivity index (χ0n) is 10.1. The first-order valence-corrected chi connectivity index (χ1v) is 5.09. The van der Waals surface area contributed by atoms with Crippen LogP contribution in [0, 0.1) is 13.8 Å². The van der Waals surface area contributed by atoms with Crippen LogP contribution in [-0.4, -0.2) is 33.7 Å². The Bertz CT molecular complexity index is 476. The molecule has 0 radical (unpaired) electrons. The monoisotopic (exact) mass is 251 g/mol. The first kappa shape index (κ1) is 13.6. The second-order valence-corrected chi connectivity index (χ2v) is 3.41. The van der Waals surface area contributed by atoms with Gasteiger partial charge in [0.15, 0.2) is 0 Å². The maximum atomic E-state index is 11.2. The summed E-state index contributed by atoms with van der Waals surface area (Å²) in [6, 6.07) is 0. The lowest BCUT2D eigenvalue weighted by Gasteiger charge is -2.08. The minimum Gasteiger partial charge on any atom is -0.478 e. The summed E-state index contributed by atoms with van der Waals surface area (Å²) in [5, 5.41) is 11.2. The molecule has 0 saturated heterocycles. The summed E-state index contributed by atoms with van der Waals surface area (Å²) in [5.41, 5.74) is 0.572. The van der Waals surface area contributed by atoms with Crippen molar-refractivity contribution >= 4 is 18.0 Å². The number of nitrogens with one attached hydrogen (secondary N) is 1. The number of carbonyl (C=O) groups is 2. The fourth-order valence-corrected chi connectivity index (χ4v) is 1.34. The molecule has 0 saturated carbocycles. The third kappa shape index (κ3) is 3.27. The molecule has 1 aromatic rings. The molecule has 0 spiro atoms. The van der Waals surface area contributed by atoms with Crippen molar-refractivity contribution < 1.29 is 19.4 Å². The average Bonchev–Trinajstić information content (AvgIpc) is 2.24. The maximum absolute atomic E-state index is 11.2. The second kappa shape index (κ2) is 5.76. The van der Waals surface area contributed by atoms with Gasteiger partial charge in [0.25, 0.3) is 0 Å². The number of hydrogen-bond donors (Lipinski definition) is 2. The number of amides is 1. The summed E-state index contributed by atoms with van der Waals surface area (Å²) in [4.78, 5) is 29.9. The van der Waals surface area contributed by atoms with Crippen molar-refractivity contribution in [1.29, 1.82) is 0 Å². The molecule has 0 aliphatic heterocycles. The van der Waals surface area contributed by atoms with Crippen molar-refractivity contribution in [3.63, 3.8) is 0 Å². The maximum Gasteiger partial charge on any atom is 0.414 e. The van der Waals surface area contributed by atoms with Crippen LogP contribution in [0.2, 0.25) is 0 Å². The third-order valence-corrected chi connectivity index (χ3v) is 2.03. The van der Waals surface area contributed by atoms with Gasteiger partial charge in [-0.1, -0.05) is 12.7 Å². The van der Waals surface area contributed by atoms with Crippen LogP contribution < -0.4 is 5.32 Å². The number of aryl methyl sites for hydroxylation is 2. The topological polar surface area (TPSA) is 101 Å². The number of hydrogen-bond acceptors (Lipinski definition) is 5. The van der Waals surface area contributed by atoms with Gasteiger partial charge in [0, 0.05) is 0 Å². The smallest absolute Gasteiger partial charge is 0.414 e. The number of carbonyl (C=O) groups excluding carboxylic acids is 1. The van der Waals surface area contributed by atoms with Gasteiger partial charge in [0.2, 0.25) is 5.95 Å². The van der Waals surface area contributed by atoms with E-state index in [1.807, 2.05) is 0 Å². The third-order valence-electron chi connectivity index (χ3n) is 2.03. The predicted molar refractivity (Wildman–Crippen MR) is 63.6 cm³/mol. The molecular formula is C11H13N3O4. The largest absolute Gasteiger partial charge is 0.478 e. The van der Waals surface area contributed by atoms with Gasteiger partial charge in [0.1, 0.15) is 12.2 Å². The fourth-order valence-electron chi connectivity index (χ4n) is 1.34. The van der Waals surface area contributed by atoms with E-state index in [2.05, 4.69) is 26.6 Å². The summed E-state index contributed by atoms with van der Waals surface area (Å²) >= 11 is 0. The Kier molecular flexibility index (Phi) is 4.36. The van der Waals surface area contributed by atoms with Gasteiger partial charge >= 0.3 is 12.1 Å². The lowest BCUT2D eigenvalue weighted by molar-refractivity contribution is 0.0694. The van der Waals surface area contributed by atoms with Crippen LogP contribution in [-0.2, 0) is 4.74 Å². The van der Waals surface area contributed by atoms with E-state index in [1.165, 1.54) is 19.9 Å². The molecule has 0 atom stereocenters. The lowest BCUT2D eigenvalue weighted by Crippen LogP contribution is -2.18. The number of aromatic nitrogens is 2. The molecule has 0 fully saturated rings. The highest BCUT2D eigenvalue weighted by molar-refractivity contribution is 5.90. The highest BCUT2D eigenvalue weighted by Gasteiger charge is 2.15. The number of anilines is 1. The number of ether oxygens (including phenoxy) is 1. The van der Waals surface area contributed by atoms with Crippen LogP contribution in [0.4, 0.5) is 10.7 Å². The van der Waals surface area contributed by atoms with E-state index in [1.54, 1.807) is 0 Å². The minimum atomic E-state index is -1.11. The summed E-state index contributed by atoms with van der Waals surface area (Å²) in [6.07, 6.45) is 0.696. The summed E-state index contributed by atoms with van der Waals surface area (Å²) in [7, 11) is 0. The molecule has 7 heteroatoms. The Morgan fingerprint density at radius 1 is 1.39 bits per heavy atom. The molecule has 0 aliphatic rings. The Hall–Kier alpha value is -2.44.